The maximum absolute atomic E-state index is 3.76. The van der Waals surface area contributed by atoms with E-state index in [0.717, 1.165) is 5.33 Å². The number of alkyl halides is 1. The Bertz CT molecular complexity index is 189. The summed E-state index contributed by atoms with van der Waals surface area (Å²) in [4.78, 5) is 4.79. The van der Waals surface area contributed by atoms with Gasteiger partial charge in [0.25, 0.3) is 0 Å². The molecule has 0 aliphatic carbocycles. The monoisotopic (exact) mass is 320 g/mol. The van der Waals surface area contributed by atoms with Gasteiger partial charge in [-0.1, -0.05) is 42.6 Å². The summed E-state index contributed by atoms with van der Waals surface area (Å²) in [5.41, 5.74) is 0.483. The van der Waals surface area contributed by atoms with Crippen LogP contribution in [0.1, 0.15) is 46.0 Å². The molecule has 0 amide bonds. The second kappa shape index (κ2) is 10.2. The van der Waals surface area contributed by atoms with Gasteiger partial charge in [-0.3, -0.25) is 0 Å². The highest BCUT2D eigenvalue weighted by molar-refractivity contribution is 9.09. The predicted molar refractivity (Wildman–Crippen MR) is 86.7 cm³/mol. The lowest BCUT2D eigenvalue weighted by molar-refractivity contribution is 0.166. The van der Waals surface area contributed by atoms with Crippen LogP contribution in [0.4, 0.5) is 0 Å². The lowest BCUT2D eigenvalue weighted by Gasteiger charge is -2.36. The molecule has 0 aliphatic heterocycles. The third kappa shape index (κ3) is 7.75. The van der Waals surface area contributed by atoms with Crippen LogP contribution in [-0.2, 0) is 0 Å². The van der Waals surface area contributed by atoms with Crippen LogP contribution in [0.25, 0.3) is 0 Å². The standard InChI is InChI=1S/C15H33BrN2/c1-6-9-15(13-16,10-7-2)14-18(5)12-8-11-17(3)4/h6-14H2,1-5H3. The zero-order valence-electron chi connectivity index (χ0n) is 13.1. The molecule has 2 nitrogen and oxygen atoms in total. The molecular weight excluding hydrogens is 288 g/mol. The number of nitrogens with zero attached hydrogens (tertiary/aromatic N) is 2. The molecule has 0 aromatic carbocycles. The summed E-state index contributed by atoms with van der Waals surface area (Å²) >= 11 is 3.76. The summed E-state index contributed by atoms with van der Waals surface area (Å²) in [7, 11) is 6.58. The number of halogens is 1. The highest BCUT2D eigenvalue weighted by Gasteiger charge is 2.28. The molecule has 3 heteroatoms. The first-order chi connectivity index (χ1) is 8.49. The van der Waals surface area contributed by atoms with Gasteiger partial charge in [-0.15, -0.1) is 0 Å². The second-order valence-electron chi connectivity index (χ2n) is 6.03. The minimum Gasteiger partial charge on any atom is -0.309 e. The maximum atomic E-state index is 3.76. The van der Waals surface area contributed by atoms with E-state index >= 15 is 0 Å². The molecule has 0 bridgehead atoms. The summed E-state index contributed by atoms with van der Waals surface area (Å²) < 4.78 is 0. The van der Waals surface area contributed by atoms with Crippen molar-refractivity contribution in [1.29, 1.82) is 0 Å². The molecule has 0 fully saturated rings. The fraction of sp³-hybridized carbons (Fsp3) is 1.00. The number of hydrogen-bond donors (Lipinski definition) is 0. The van der Waals surface area contributed by atoms with Crippen LogP contribution in [0.5, 0.6) is 0 Å². The zero-order chi connectivity index (χ0) is 14.0. The maximum Gasteiger partial charge on any atom is 0.0100 e. The van der Waals surface area contributed by atoms with Crippen molar-refractivity contribution in [3.05, 3.63) is 0 Å². The normalized spacial score (nSPS) is 12.7. The van der Waals surface area contributed by atoms with E-state index in [1.165, 1.54) is 51.7 Å². The van der Waals surface area contributed by atoms with Gasteiger partial charge in [0.2, 0.25) is 0 Å². The molecule has 0 saturated heterocycles. The lowest BCUT2D eigenvalue weighted by atomic mass is 9.81. The first-order valence-corrected chi connectivity index (χ1v) is 8.51. The van der Waals surface area contributed by atoms with E-state index in [2.05, 4.69) is 60.7 Å². The van der Waals surface area contributed by atoms with Crippen molar-refractivity contribution in [2.75, 3.05) is 46.1 Å². The molecule has 0 spiro atoms. The Morgan fingerprint density at radius 3 is 1.89 bits per heavy atom. The fourth-order valence-corrected chi connectivity index (χ4v) is 3.57. The van der Waals surface area contributed by atoms with Gasteiger partial charge in [-0.2, -0.15) is 0 Å². The summed E-state index contributed by atoms with van der Waals surface area (Å²) in [5, 5.41) is 1.14. The third-order valence-corrected chi connectivity index (χ3v) is 4.78. The second-order valence-corrected chi connectivity index (χ2v) is 6.59. The molecular formula is C15H33BrN2. The summed E-state index contributed by atoms with van der Waals surface area (Å²) in [6, 6.07) is 0. The molecule has 0 atom stereocenters. The lowest BCUT2D eigenvalue weighted by Crippen LogP contribution is -2.38. The Balaban J connectivity index is 4.20. The summed E-state index contributed by atoms with van der Waals surface area (Å²) in [6.07, 6.45) is 6.52. The number of rotatable bonds is 11. The van der Waals surface area contributed by atoms with Gasteiger partial charge in [-0.05, 0) is 58.9 Å². The van der Waals surface area contributed by atoms with Gasteiger partial charge in [-0.25, -0.2) is 0 Å². The third-order valence-electron chi connectivity index (χ3n) is 3.59. The summed E-state index contributed by atoms with van der Waals surface area (Å²) in [5.74, 6) is 0. The average molecular weight is 321 g/mol. The van der Waals surface area contributed by atoms with E-state index in [4.69, 9.17) is 0 Å². The first-order valence-electron chi connectivity index (χ1n) is 7.39. The van der Waals surface area contributed by atoms with Crippen molar-refractivity contribution in [3.8, 4) is 0 Å². The number of hydrogen-bond acceptors (Lipinski definition) is 2. The highest BCUT2D eigenvalue weighted by Crippen LogP contribution is 2.32. The zero-order valence-corrected chi connectivity index (χ0v) is 14.7. The molecule has 0 radical (unpaired) electrons. The van der Waals surface area contributed by atoms with Gasteiger partial charge < -0.3 is 9.80 Å². The Hall–Kier alpha value is 0.400. The molecule has 0 rings (SSSR count). The van der Waals surface area contributed by atoms with Crippen LogP contribution in [0, 0.1) is 5.41 Å². The van der Waals surface area contributed by atoms with Crippen LogP contribution < -0.4 is 0 Å². The molecule has 0 heterocycles. The van der Waals surface area contributed by atoms with Crippen molar-refractivity contribution in [3.63, 3.8) is 0 Å². The quantitative estimate of drug-likeness (QED) is 0.533. The molecule has 0 aromatic rings. The Labute approximate surface area is 123 Å². The Morgan fingerprint density at radius 1 is 0.944 bits per heavy atom. The smallest absolute Gasteiger partial charge is 0.0100 e. The van der Waals surface area contributed by atoms with Gasteiger partial charge in [0, 0.05) is 11.9 Å². The summed E-state index contributed by atoms with van der Waals surface area (Å²) in [6.45, 7) is 8.24. The van der Waals surface area contributed by atoms with Crippen molar-refractivity contribution >= 4 is 15.9 Å². The average Bonchev–Trinajstić information content (AvgIpc) is 2.29. The fourth-order valence-electron chi connectivity index (χ4n) is 2.83. The van der Waals surface area contributed by atoms with Crippen LogP contribution in [0.2, 0.25) is 0 Å². The van der Waals surface area contributed by atoms with Gasteiger partial charge in [0.1, 0.15) is 0 Å². The molecule has 0 N–H and O–H groups in total. The molecule has 0 aromatic heterocycles. The van der Waals surface area contributed by atoms with Gasteiger partial charge in [0.15, 0.2) is 0 Å². The SMILES string of the molecule is CCCC(CBr)(CCC)CN(C)CCCN(C)C. The van der Waals surface area contributed by atoms with Crippen molar-refractivity contribution in [2.24, 2.45) is 5.41 Å². The largest absolute Gasteiger partial charge is 0.309 e. The minimum absolute atomic E-state index is 0.483. The minimum atomic E-state index is 0.483. The van der Waals surface area contributed by atoms with Crippen LogP contribution >= 0.6 is 15.9 Å². The molecule has 0 aliphatic rings. The van der Waals surface area contributed by atoms with Crippen LogP contribution in [-0.4, -0.2) is 55.9 Å². The molecule has 0 unspecified atom stereocenters. The van der Waals surface area contributed by atoms with E-state index in [1.807, 2.05) is 0 Å². The van der Waals surface area contributed by atoms with Crippen LogP contribution in [0.3, 0.4) is 0 Å². The van der Waals surface area contributed by atoms with E-state index in [1.54, 1.807) is 0 Å². The van der Waals surface area contributed by atoms with Crippen LogP contribution in [0.15, 0.2) is 0 Å². The van der Waals surface area contributed by atoms with E-state index < -0.39 is 0 Å². The van der Waals surface area contributed by atoms with Gasteiger partial charge >= 0.3 is 0 Å². The van der Waals surface area contributed by atoms with E-state index in [-0.39, 0.29) is 0 Å². The van der Waals surface area contributed by atoms with E-state index in [9.17, 15) is 0 Å². The molecule has 0 saturated carbocycles. The Morgan fingerprint density at radius 2 is 1.50 bits per heavy atom. The van der Waals surface area contributed by atoms with Crippen molar-refractivity contribution in [1.82, 2.24) is 9.80 Å². The Kier molecular flexibility index (Phi) is 10.4. The first kappa shape index (κ1) is 18.4. The topological polar surface area (TPSA) is 6.48 Å². The molecule has 18 heavy (non-hydrogen) atoms. The van der Waals surface area contributed by atoms with Crippen molar-refractivity contribution < 1.29 is 0 Å². The van der Waals surface area contributed by atoms with Crippen molar-refractivity contribution in [2.45, 2.75) is 46.0 Å². The molecule has 110 valence electrons. The van der Waals surface area contributed by atoms with Gasteiger partial charge in [0.05, 0.1) is 0 Å². The highest BCUT2D eigenvalue weighted by atomic mass is 79.9. The van der Waals surface area contributed by atoms with E-state index in [0.29, 0.717) is 5.41 Å². The predicted octanol–water partition coefficient (Wildman–Crippen LogP) is 3.85.